The third-order valence-electron chi connectivity index (χ3n) is 4.44. The zero-order valence-corrected chi connectivity index (χ0v) is 14.6. The summed E-state index contributed by atoms with van der Waals surface area (Å²) in [5, 5.41) is 0.164. The average Bonchev–Trinajstić information content (AvgIpc) is 2.55. The fourth-order valence-corrected chi connectivity index (χ4v) is 3.41. The number of hydrogen-bond acceptors (Lipinski definition) is 2. The topological polar surface area (TPSA) is 23.6 Å². The van der Waals surface area contributed by atoms with Crippen molar-refractivity contribution >= 4 is 23.2 Å². The van der Waals surface area contributed by atoms with Gasteiger partial charge in [0.15, 0.2) is 0 Å². The summed E-state index contributed by atoms with van der Waals surface area (Å²) in [4.78, 5) is 16.5. The summed E-state index contributed by atoms with van der Waals surface area (Å²) in [6, 6.07) is 10.7. The molecule has 2 aromatic carbocycles. The van der Waals surface area contributed by atoms with Crippen LogP contribution in [0.4, 0.5) is 10.1 Å². The Kier molecular flexibility index (Phi) is 4.76. The number of carbonyl (C=O) groups is 1. The first kappa shape index (κ1) is 16.8. The molecule has 3 rings (SSSR count). The first-order chi connectivity index (χ1) is 11.5. The van der Waals surface area contributed by atoms with Gasteiger partial charge in [0.1, 0.15) is 5.82 Å². The van der Waals surface area contributed by atoms with Gasteiger partial charge in [0.05, 0.1) is 10.6 Å². The summed E-state index contributed by atoms with van der Waals surface area (Å²) in [6.07, 6.45) is 0. The molecule has 0 aliphatic carbocycles. The maximum atomic E-state index is 13.9. The van der Waals surface area contributed by atoms with Gasteiger partial charge in [-0.3, -0.25) is 4.79 Å². The standard InChI is InChI=1S/C19H20ClFN2O/c1-13-6-7-17(14(2)12-13)22-8-10-23(11-9-22)19(24)18-15(20)4-3-5-16(18)21/h3-7,12H,8-11H2,1-2H3. The van der Waals surface area contributed by atoms with E-state index in [0.717, 1.165) is 13.1 Å². The first-order valence-electron chi connectivity index (χ1n) is 8.03. The van der Waals surface area contributed by atoms with Crippen molar-refractivity contribution < 1.29 is 9.18 Å². The molecule has 0 unspecified atom stereocenters. The Labute approximate surface area is 146 Å². The molecule has 0 bridgehead atoms. The van der Waals surface area contributed by atoms with Crippen molar-refractivity contribution in [2.24, 2.45) is 0 Å². The summed E-state index contributed by atoms with van der Waals surface area (Å²) in [5.41, 5.74) is 3.63. The number of amides is 1. The van der Waals surface area contributed by atoms with Gasteiger partial charge in [-0.2, -0.15) is 0 Å². The number of hydrogen-bond donors (Lipinski definition) is 0. The predicted octanol–water partition coefficient (Wildman–Crippen LogP) is 4.06. The van der Waals surface area contributed by atoms with Crippen molar-refractivity contribution in [3.05, 3.63) is 63.9 Å². The maximum Gasteiger partial charge on any atom is 0.258 e. The molecule has 1 amide bonds. The van der Waals surface area contributed by atoms with E-state index in [4.69, 9.17) is 11.6 Å². The minimum absolute atomic E-state index is 0.0286. The van der Waals surface area contributed by atoms with Gasteiger partial charge >= 0.3 is 0 Å². The molecule has 1 aliphatic heterocycles. The monoisotopic (exact) mass is 346 g/mol. The molecule has 3 nitrogen and oxygen atoms in total. The van der Waals surface area contributed by atoms with Crippen molar-refractivity contribution in [3.8, 4) is 0 Å². The number of anilines is 1. The van der Waals surface area contributed by atoms with E-state index in [-0.39, 0.29) is 16.5 Å². The van der Waals surface area contributed by atoms with Crippen LogP contribution in [0, 0.1) is 19.7 Å². The summed E-state index contributed by atoms with van der Waals surface area (Å²) >= 11 is 6.01. The number of aryl methyl sites for hydroxylation is 2. The fourth-order valence-electron chi connectivity index (χ4n) is 3.17. The molecule has 0 aromatic heterocycles. The fraction of sp³-hybridized carbons (Fsp3) is 0.316. The van der Waals surface area contributed by atoms with Gasteiger partial charge in [0.25, 0.3) is 5.91 Å². The third kappa shape index (κ3) is 3.24. The second-order valence-corrected chi connectivity index (χ2v) is 6.57. The molecule has 1 aliphatic rings. The lowest BCUT2D eigenvalue weighted by Crippen LogP contribution is -2.49. The molecule has 1 heterocycles. The number of nitrogens with zero attached hydrogens (tertiary/aromatic N) is 2. The Hall–Kier alpha value is -2.07. The van der Waals surface area contributed by atoms with Crippen molar-refractivity contribution in [3.63, 3.8) is 0 Å². The highest BCUT2D eigenvalue weighted by Gasteiger charge is 2.26. The molecule has 2 aromatic rings. The molecule has 5 heteroatoms. The van der Waals surface area contributed by atoms with Crippen LogP contribution >= 0.6 is 11.6 Å². The van der Waals surface area contributed by atoms with Crippen molar-refractivity contribution in [1.29, 1.82) is 0 Å². The van der Waals surface area contributed by atoms with Crippen molar-refractivity contribution in [2.45, 2.75) is 13.8 Å². The molecule has 0 spiro atoms. The smallest absolute Gasteiger partial charge is 0.258 e. The molecule has 0 N–H and O–H groups in total. The Morgan fingerprint density at radius 1 is 1.08 bits per heavy atom. The summed E-state index contributed by atoms with van der Waals surface area (Å²) in [6.45, 7) is 6.72. The minimum Gasteiger partial charge on any atom is -0.368 e. The number of benzene rings is 2. The summed E-state index contributed by atoms with van der Waals surface area (Å²) in [7, 11) is 0. The van der Waals surface area contributed by atoms with Gasteiger partial charge in [0.2, 0.25) is 0 Å². The molecular weight excluding hydrogens is 327 g/mol. The van der Waals surface area contributed by atoms with Crippen LogP contribution in [0.3, 0.4) is 0 Å². The Bertz CT molecular complexity index is 750. The normalized spacial score (nSPS) is 14.8. The zero-order chi connectivity index (χ0) is 17.3. The highest BCUT2D eigenvalue weighted by atomic mass is 35.5. The van der Waals surface area contributed by atoms with Crippen LogP contribution in [0.5, 0.6) is 0 Å². The Morgan fingerprint density at radius 3 is 2.42 bits per heavy atom. The van der Waals surface area contributed by atoms with Crippen LogP contribution in [-0.4, -0.2) is 37.0 Å². The highest BCUT2D eigenvalue weighted by Crippen LogP contribution is 2.25. The molecule has 0 atom stereocenters. The second kappa shape index (κ2) is 6.81. The summed E-state index contributed by atoms with van der Waals surface area (Å²) < 4.78 is 13.9. The van der Waals surface area contributed by atoms with Crippen LogP contribution in [0.25, 0.3) is 0 Å². The Morgan fingerprint density at radius 2 is 1.79 bits per heavy atom. The van der Waals surface area contributed by atoms with Crippen LogP contribution < -0.4 is 4.90 Å². The van der Waals surface area contributed by atoms with Gasteiger partial charge in [-0.05, 0) is 37.6 Å². The quantitative estimate of drug-likeness (QED) is 0.818. The lowest BCUT2D eigenvalue weighted by atomic mass is 10.1. The van der Waals surface area contributed by atoms with Crippen LogP contribution in [-0.2, 0) is 0 Å². The Balaban J connectivity index is 1.72. The van der Waals surface area contributed by atoms with E-state index in [2.05, 4.69) is 36.9 Å². The van der Waals surface area contributed by atoms with E-state index in [0.29, 0.717) is 13.1 Å². The van der Waals surface area contributed by atoms with Gasteiger partial charge < -0.3 is 9.80 Å². The molecular formula is C19H20ClFN2O. The molecule has 1 saturated heterocycles. The van der Waals surface area contributed by atoms with Crippen LogP contribution in [0.1, 0.15) is 21.5 Å². The molecule has 1 fully saturated rings. The highest BCUT2D eigenvalue weighted by molar-refractivity contribution is 6.33. The second-order valence-electron chi connectivity index (χ2n) is 6.17. The lowest BCUT2D eigenvalue weighted by molar-refractivity contribution is 0.0742. The SMILES string of the molecule is Cc1ccc(N2CCN(C(=O)c3c(F)cccc3Cl)CC2)c(C)c1. The van der Waals surface area contributed by atoms with E-state index < -0.39 is 5.82 Å². The average molecular weight is 347 g/mol. The summed E-state index contributed by atoms with van der Waals surface area (Å²) in [5.74, 6) is -0.900. The predicted molar refractivity (Wildman–Crippen MR) is 95.4 cm³/mol. The van der Waals surface area contributed by atoms with Crippen molar-refractivity contribution in [1.82, 2.24) is 4.90 Å². The molecule has 126 valence electrons. The van der Waals surface area contributed by atoms with Gasteiger partial charge in [-0.15, -0.1) is 0 Å². The van der Waals surface area contributed by atoms with E-state index in [1.165, 1.54) is 28.9 Å². The van der Waals surface area contributed by atoms with Crippen molar-refractivity contribution in [2.75, 3.05) is 31.1 Å². The van der Waals surface area contributed by atoms with E-state index in [1.54, 1.807) is 11.0 Å². The van der Waals surface area contributed by atoms with Gasteiger partial charge in [0, 0.05) is 31.9 Å². The molecule has 0 saturated carbocycles. The van der Waals surface area contributed by atoms with Gasteiger partial charge in [-0.25, -0.2) is 4.39 Å². The number of piperazine rings is 1. The van der Waals surface area contributed by atoms with E-state index in [9.17, 15) is 9.18 Å². The molecule has 0 radical (unpaired) electrons. The van der Waals surface area contributed by atoms with E-state index in [1.807, 2.05) is 0 Å². The lowest BCUT2D eigenvalue weighted by Gasteiger charge is -2.37. The van der Waals surface area contributed by atoms with E-state index >= 15 is 0 Å². The largest absolute Gasteiger partial charge is 0.368 e. The first-order valence-corrected chi connectivity index (χ1v) is 8.40. The molecule has 24 heavy (non-hydrogen) atoms. The van der Waals surface area contributed by atoms with Gasteiger partial charge in [-0.1, -0.05) is 35.4 Å². The third-order valence-corrected chi connectivity index (χ3v) is 4.75. The number of halogens is 2. The minimum atomic E-state index is -0.565. The van der Waals surface area contributed by atoms with Crippen LogP contribution in [0.15, 0.2) is 36.4 Å². The maximum absolute atomic E-state index is 13.9. The number of rotatable bonds is 2. The number of carbonyl (C=O) groups excluding carboxylic acids is 1. The zero-order valence-electron chi connectivity index (χ0n) is 13.9. The van der Waals surface area contributed by atoms with Crippen LogP contribution in [0.2, 0.25) is 5.02 Å².